The van der Waals surface area contributed by atoms with Gasteiger partial charge in [0.25, 0.3) is 0 Å². The van der Waals surface area contributed by atoms with Crippen LogP contribution in [0.3, 0.4) is 0 Å². The van der Waals surface area contributed by atoms with Crippen molar-refractivity contribution in [1.29, 1.82) is 0 Å². The van der Waals surface area contributed by atoms with E-state index in [-0.39, 0.29) is 12.8 Å². The van der Waals surface area contributed by atoms with Gasteiger partial charge in [-0.2, -0.15) is 0 Å². The largest absolute Gasteiger partial charge is 0.358 e. The van der Waals surface area contributed by atoms with Crippen molar-refractivity contribution in [2.45, 2.75) is 91.1 Å². The first-order chi connectivity index (χ1) is 17.7. The lowest BCUT2D eigenvalue weighted by atomic mass is 9.78. The molecular formula is C36H48N2. The van der Waals surface area contributed by atoms with Gasteiger partial charge < -0.3 is 7.43 Å². The summed E-state index contributed by atoms with van der Waals surface area (Å²) in [4.78, 5) is 0. The lowest BCUT2D eigenvalue weighted by Gasteiger charge is -2.27. The van der Waals surface area contributed by atoms with Crippen molar-refractivity contribution < 1.29 is 4.57 Å². The van der Waals surface area contributed by atoms with Gasteiger partial charge in [-0.05, 0) is 71.3 Å². The number of aryl methyl sites for hydroxylation is 1. The van der Waals surface area contributed by atoms with Gasteiger partial charge in [-0.1, -0.05) is 113 Å². The molecule has 4 aromatic rings. The fourth-order valence-electron chi connectivity index (χ4n) is 5.08. The summed E-state index contributed by atoms with van der Waals surface area (Å²) in [5, 5.41) is 0. The fourth-order valence-corrected chi connectivity index (χ4v) is 5.08. The number of hydrogen-bond donors (Lipinski definition) is 0. The monoisotopic (exact) mass is 508 g/mol. The Kier molecular flexibility index (Phi) is 10.1. The maximum atomic E-state index is 2.37. The van der Waals surface area contributed by atoms with Gasteiger partial charge in [0.1, 0.15) is 25.5 Å². The molecule has 2 atom stereocenters. The molecule has 2 heteroatoms. The van der Waals surface area contributed by atoms with E-state index in [1.165, 1.54) is 52.6 Å². The van der Waals surface area contributed by atoms with E-state index < -0.39 is 0 Å². The molecule has 2 unspecified atom stereocenters. The number of rotatable bonds is 11. The van der Waals surface area contributed by atoms with Gasteiger partial charge in [0.2, 0.25) is 6.33 Å². The first-order valence-electron chi connectivity index (χ1n) is 14.0. The predicted octanol–water partition coefficient (Wildman–Crippen LogP) is 9.01. The van der Waals surface area contributed by atoms with E-state index >= 15 is 0 Å². The highest BCUT2D eigenvalue weighted by Gasteiger charge is 2.21. The van der Waals surface area contributed by atoms with E-state index in [0.29, 0.717) is 11.8 Å². The molecule has 0 aliphatic heterocycles. The van der Waals surface area contributed by atoms with Crippen LogP contribution >= 0.6 is 0 Å². The highest BCUT2D eigenvalue weighted by molar-refractivity contribution is 5.29. The predicted molar refractivity (Wildman–Crippen MR) is 163 cm³/mol. The average Bonchev–Trinajstić information content (AvgIpc) is 3.34. The fraction of sp³-hybridized carbons (Fsp3) is 0.389. The molecule has 0 aliphatic carbocycles. The Morgan fingerprint density at radius 2 is 1.37 bits per heavy atom. The quantitative estimate of drug-likeness (QED) is 0.141. The minimum Gasteiger partial charge on any atom is -0.358 e. The van der Waals surface area contributed by atoms with E-state index in [9.17, 15) is 0 Å². The van der Waals surface area contributed by atoms with E-state index in [4.69, 9.17) is 0 Å². The van der Waals surface area contributed by atoms with Crippen LogP contribution in [-0.2, 0) is 18.5 Å². The van der Waals surface area contributed by atoms with Gasteiger partial charge in [-0.25, -0.2) is 9.13 Å². The molecule has 0 amide bonds. The van der Waals surface area contributed by atoms with Crippen LogP contribution in [0.25, 0.3) is 0 Å². The number of hydrogen-bond acceptors (Lipinski definition) is 0. The van der Waals surface area contributed by atoms with Gasteiger partial charge in [-0.3, -0.25) is 0 Å². The normalized spacial score (nSPS) is 13.1. The van der Waals surface area contributed by atoms with Crippen LogP contribution in [0.2, 0.25) is 0 Å². The summed E-state index contributed by atoms with van der Waals surface area (Å²) in [6, 6.07) is 27.4. The van der Waals surface area contributed by atoms with Crippen LogP contribution in [0, 0.1) is 14.4 Å². The average molecular weight is 509 g/mol. The van der Waals surface area contributed by atoms with E-state index in [2.05, 4.69) is 142 Å². The first-order valence-corrected chi connectivity index (χ1v) is 14.0. The summed E-state index contributed by atoms with van der Waals surface area (Å²) < 4.78 is 4.54. The summed E-state index contributed by atoms with van der Waals surface area (Å²) in [7, 11) is 0. The Morgan fingerprint density at radius 3 is 1.97 bits per heavy atom. The van der Waals surface area contributed by atoms with E-state index in [1.54, 1.807) is 0 Å². The standard InChI is InChI=1S/C35H45N2.CH3/c1-7-28(3)32-14-10-30(11-15-32)24-36-22-23-37(26-36)25-31-12-16-33(17-13-31)29(4)20-21-35(5,6)34-18-8-27(2)9-19-34;/h8-19,22-23,26,28-29H,7,20-21,24-25H2,1-6H3;1H3/q+1;-1. The highest BCUT2D eigenvalue weighted by atomic mass is 15.1. The minimum atomic E-state index is 0. The number of nitrogens with zero attached hydrogens (tertiary/aromatic N) is 2. The summed E-state index contributed by atoms with van der Waals surface area (Å²) in [5.74, 6) is 1.18. The SMILES string of the molecule is CCC(C)c1ccc(Cn2cc[n+](Cc3ccc(C(C)CCC(C)(C)c4ccc(C)cc4)cc3)c2)cc1.[CH3-]. The van der Waals surface area contributed by atoms with Crippen LogP contribution in [0.1, 0.15) is 99.1 Å². The molecule has 4 rings (SSSR count). The van der Waals surface area contributed by atoms with Crippen molar-refractivity contribution >= 4 is 0 Å². The van der Waals surface area contributed by atoms with Crippen LogP contribution in [0.4, 0.5) is 0 Å². The molecular weight excluding hydrogens is 460 g/mol. The second-order valence-electron chi connectivity index (χ2n) is 11.7. The van der Waals surface area contributed by atoms with Gasteiger partial charge in [0.05, 0.1) is 0 Å². The van der Waals surface area contributed by atoms with Crippen molar-refractivity contribution in [2.24, 2.45) is 0 Å². The number of aromatic nitrogens is 2. The van der Waals surface area contributed by atoms with Crippen molar-refractivity contribution in [3.8, 4) is 0 Å². The molecule has 1 heterocycles. The molecule has 2 nitrogen and oxygen atoms in total. The van der Waals surface area contributed by atoms with Gasteiger partial charge in [0.15, 0.2) is 0 Å². The summed E-state index contributed by atoms with van der Waals surface area (Å²) in [6.45, 7) is 15.6. The lowest BCUT2D eigenvalue weighted by Crippen LogP contribution is -2.31. The second kappa shape index (κ2) is 13.1. The molecule has 38 heavy (non-hydrogen) atoms. The zero-order valence-electron chi connectivity index (χ0n) is 24.7. The molecule has 3 aromatic carbocycles. The smallest absolute Gasteiger partial charge is 0.244 e. The Hall–Kier alpha value is -3.13. The maximum Gasteiger partial charge on any atom is 0.244 e. The van der Waals surface area contributed by atoms with Crippen LogP contribution in [0.15, 0.2) is 91.5 Å². The molecule has 0 aliphatic rings. The minimum absolute atomic E-state index is 0. The molecule has 0 saturated carbocycles. The molecule has 0 radical (unpaired) electrons. The summed E-state index contributed by atoms with van der Waals surface area (Å²) in [6.07, 6.45) is 10.1. The Bertz CT molecular complexity index is 1240. The summed E-state index contributed by atoms with van der Waals surface area (Å²) in [5.41, 5.74) is 8.52. The second-order valence-corrected chi connectivity index (χ2v) is 11.7. The third-order valence-electron chi connectivity index (χ3n) is 8.22. The molecule has 0 spiro atoms. The molecule has 0 N–H and O–H groups in total. The first kappa shape index (κ1) is 29.4. The molecule has 1 aromatic heterocycles. The summed E-state index contributed by atoms with van der Waals surface area (Å²) >= 11 is 0. The Balaban J connectivity index is 0.00000400. The Labute approximate surface area is 232 Å². The molecule has 0 bridgehead atoms. The molecule has 0 saturated heterocycles. The molecule has 0 fully saturated rings. The number of imidazole rings is 1. The van der Waals surface area contributed by atoms with E-state index in [0.717, 1.165) is 13.1 Å². The third kappa shape index (κ3) is 7.69. The maximum absolute atomic E-state index is 2.37. The van der Waals surface area contributed by atoms with Crippen LogP contribution < -0.4 is 4.57 Å². The van der Waals surface area contributed by atoms with Crippen LogP contribution in [0.5, 0.6) is 0 Å². The van der Waals surface area contributed by atoms with E-state index in [1.807, 2.05) is 0 Å². The van der Waals surface area contributed by atoms with Crippen LogP contribution in [-0.4, -0.2) is 4.57 Å². The lowest BCUT2D eigenvalue weighted by molar-refractivity contribution is -0.687. The third-order valence-corrected chi connectivity index (χ3v) is 8.22. The topological polar surface area (TPSA) is 8.81 Å². The Morgan fingerprint density at radius 1 is 0.789 bits per heavy atom. The van der Waals surface area contributed by atoms with Gasteiger partial charge >= 0.3 is 0 Å². The van der Waals surface area contributed by atoms with Crippen molar-refractivity contribution in [1.82, 2.24) is 4.57 Å². The van der Waals surface area contributed by atoms with Crippen molar-refractivity contribution in [3.05, 3.63) is 132 Å². The highest BCUT2D eigenvalue weighted by Crippen LogP contribution is 2.33. The van der Waals surface area contributed by atoms with Gasteiger partial charge in [0, 0.05) is 0 Å². The number of benzene rings is 3. The van der Waals surface area contributed by atoms with Crippen molar-refractivity contribution in [3.63, 3.8) is 0 Å². The van der Waals surface area contributed by atoms with Gasteiger partial charge in [-0.15, -0.1) is 0 Å². The zero-order valence-corrected chi connectivity index (χ0v) is 24.7. The van der Waals surface area contributed by atoms with Crippen molar-refractivity contribution in [2.75, 3.05) is 0 Å². The zero-order chi connectivity index (χ0) is 26.4. The molecule has 202 valence electrons.